The molecule has 2 fully saturated rings. The maximum Gasteiger partial charge on any atom is 0.241 e. The number of amides is 2. The first kappa shape index (κ1) is 13.0. The Bertz CT molecular complexity index is 688. The molecular weight excluding hydrogens is 294 g/mol. The molecule has 0 spiro atoms. The first-order valence-corrected chi connectivity index (χ1v) is 7.07. The number of anilines is 1. The Kier molecular flexibility index (Phi) is 2.58. The molecule has 5 nitrogen and oxygen atoms in total. The summed E-state index contributed by atoms with van der Waals surface area (Å²) in [5.74, 6) is -1.94. The molecule has 3 aliphatic heterocycles. The summed E-state index contributed by atoms with van der Waals surface area (Å²) in [6.07, 6.45) is 2.99. The number of carbonyl (C=O) groups is 2. The molecule has 4 rings (SSSR count). The summed E-state index contributed by atoms with van der Waals surface area (Å²) >= 11 is 6.11. The first-order chi connectivity index (χ1) is 10.1. The van der Waals surface area contributed by atoms with E-state index < -0.39 is 23.5 Å². The number of aliphatic hydroxyl groups excluding tert-OH is 1. The van der Waals surface area contributed by atoms with Crippen LogP contribution in [0.25, 0.3) is 0 Å². The highest BCUT2D eigenvalue weighted by Gasteiger charge is 2.67. The molecule has 0 unspecified atom stereocenters. The molecule has 2 saturated heterocycles. The van der Waals surface area contributed by atoms with E-state index in [9.17, 15) is 14.7 Å². The van der Waals surface area contributed by atoms with E-state index in [-0.39, 0.29) is 18.4 Å². The van der Waals surface area contributed by atoms with Crippen molar-refractivity contribution in [2.24, 2.45) is 11.8 Å². The molecule has 2 amide bonds. The van der Waals surface area contributed by atoms with Gasteiger partial charge in [-0.2, -0.15) is 0 Å². The summed E-state index contributed by atoms with van der Waals surface area (Å²) in [5, 5.41) is 9.97. The third-order valence-electron chi connectivity index (χ3n) is 4.50. The Balaban J connectivity index is 1.81. The number of hydrogen-bond acceptors (Lipinski definition) is 4. The monoisotopic (exact) mass is 305 g/mol. The van der Waals surface area contributed by atoms with Crippen LogP contribution in [0.15, 0.2) is 36.4 Å². The summed E-state index contributed by atoms with van der Waals surface area (Å²) in [5.41, 5.74) is -0.686. The van der Waals surface area contributed by atoms with Crippen LogP contribution in [0.1, 0.15) is 0 Å². The molecule has 1 aromatic rings. The molecule has 6 heteroatoms. The van der Waals surface area contributed by atoms with Gasteiger partial charge in [0, 0.05) is 0 Å². The van der Waals surface area contributed by atoms with Gasteiger partial charge >= 0.3 is 0 Å². The van der Waals surface area contributed by atoms with Crippen LogP contribution in [-0.4, -0.2) is 35.2 Å². The van der Waals surface area contributed by atoms with Crippen LogP contribution >= 0.6 is 11.6 Å². The van der Waals surface area contributed by atoms with Crippen molar-refractivity contribution in [1.82, 2.24) is 0 Å². The van der Waals surface area contributed by atoms with E-state index in [1.165, 1.54) is 0 Å². The van der Waals surface area contributed by atoms with Crippen LogP contribution in [0.5, 0.6) is 0 Å². The first-order valence-electron chi connectivity index (χ1n) is 6.69. The van der Waals surface area contributed by atoms with Gasteiger partial charge < -0.3 is 9.84 Å². The van der Waals surface area contributed by atoms with Gasteiger partial charge in [0.2, 0.25) is 11.8 Å². The molecule has 0 saturated carbocycles. The van der Waals surface area contributed by atoms with Crippen molar-refractivity contribution in [2.45, 2.75) is 11.7 Å². The number of carbonyl (C=O) groups excluding carboxylic acids is 2. The molecule has 3 heterocycles. The van der Waals surface area contributed by atoms with E-state index in [0.29, 0.717) is 10.7 Å². The lowest BCUT2D eigenvalue weighted by Gasteiger charge is -2.26. The second-order valence-electron chi connectivity index (χ2n) is 5.52. The molecule has 0 aliphatic carbocycles. The highest BCUT2D eigenvalue weighted by Crippen LogP contribution is 2.52. The fourth-order valence-electron chi connectivity index (χ4n) is 3.55. The predicted molar refractivity (Wildman–Crippen MR) is 74.8 cm³/mol. The molecule has 0 aromatic heterocycles. The van der Waals surface area contributed by atoms with Gasteiger partial charge in [-0.15, -0.1) is 0 Å². The van der Waals surface area contributed by atoms with Crippen LogP contribution in [0, 0.1) is 11.8 Å². The highest BCUT2D eigenvalue weighted by molar-refractivity contribution is 6.36. The summed E-state index contributed by atoms with van der Waals surface area (Å²) in [7, 11) is 0. The van der Waals surface area contributed by atoms with E-state index in [0.717, 1.165) is 4.90 Å². The van der Waals surface area contributed by atoms with Crippen LogP contribution < -0.4 is 4.90 Å². The molecule has 108 valence electrons. The molecule has 3 aliphatic rings. The number of para-hydroxylation sites is 1. The third kappa shape index (κ3) is 1.48. The van der Waals surface area contributed by atoms with E-state index in [1.54, 1.807) is 36.4 Å². The molecule has 0 radical (unpaired) electrons. The minimum atomic E-state index is -1.07. The topological polar surface area (TPSA) is 66.8 Å². The Morgan fingerprint density at radius 3 is 2.76 bits per heavy atom. The Morgan fingerprint density at radius 2 is 2.05 bits per heavy atom. The van der Waals surface area contributed by atoms with Crippen molar-refractivity contribution in [2.75, 3.05) is 11.5 Å². The van der Waals surface area contributed by atoms with Crippen molar-refractivity contribution < 1.29 is 19.4 Å². The number of rotatable bonds is 2. The van der Waals surface area contributed by atoms with Crippen molar-refractivity contribution in [1.29, 1.82) is 0 Å². The second kappa shape index (κ2) is 4.16. The smallest absolute Gasteiger partial charge is 0.241 e. The fraction of sp³-hybridized carbons (Fsp3) is 0.333. The zero-order valence-electron chi connectivity index (χ0n) is 10.9. The van der Waals surface area contributed by atoms with Gasteiger partial charge in [0.05, 0.1) is 35.3 Å². The average molecular weight is 306 g/mol. The molecular formula is C15H12ClNO4. The maximum absolute atomic E-state index is 12.7. The summed E-state index contributed by atoms with van der Waals surface area (Å²) in [6.45, 7) is -0.323. The largest absolute Gasteiger partial charge is 0.393 e. The minimum absolute atomic E-state index is 0.317. The van der Waals surface area contributed by atoms with Crippen molar-refractivity contribution in [3.8, 4) is 0 Å². The van der Waals surface area contributed by atoms with Gasteiger partial charge in [0.15, 0.2) is 0 Å². The second-order valence-corrected chi connectivity index (χ2v) is 5.93. The number of halogens is 1. The Morgan fingerprint density at radius 1 is 1.29 bits per heavy atom. The lowest BCUT2D eigenvalue weighted by atomic mass is 9.77. The number of imide groups is 1. The molecule has 2 bridgehead atoms. The van der Waals surface area contributed by atoms with Crippen molar-refractivity contribution in [3.05, 3.63) is 41.4 Å². The number of hydrogen-bond donors (Lipinski definition) is 1. The van der Waals surface area contributed by atoms with E-state index in [1.807, 2.05) is 0 Å². The maximum atomic E-state index is 12.7. The van der Waals surface area contributed by atoms with E-state index >= 15 is 0 Å². The number of benzene rings is 1. The van der Waals surface area contributed by atoms with Gasteiger partial charge in [-0.3, -0.25) is 9.59 Å². The number of nitrogens with zero attached hydrogens (tertiary/aromatic N) is 1. The van der Waals surface area contributed by atoms with Gasteiger partial charge in [-0.1, -0.05) is 35.9 Å². The molecule has 4 atom stereocenters. The SMILES string of the molecule is O=C1[C@@H]2[C@H]3C=C[C@@](CO)(O3)[C@H]2C(=O)N1c1ccccc1Cl. The zero-order valence-corrected chi connectivity index (χ0v) is 11.7. The standard InChI is InChI=1S/C15H12ClNO4/c16-8-3-1-2-4-9(8)17-13(19)11-10-5-6-15(7-18,21-10)12(11)14(17)20/h1-6,10-12,18H,7H2/t10-,11-,12-,15+/m1/s1. The van der Waals surface area contributed by atoms with Gasteiger partial charge in [0.1, 0.15) is 5.60 Å². The summed E-state index contributed by atoms with van der Waals surface area (Å²) in [4.78, 5) is 26.5. The average Bonchev–Trinajstić information content (AvgIpc) is 3.12. The number of aliphatic hydroxyl groups is 1. The fourth-order valence-corrected chi connectivity index (χ4v) is 3.77. The predicted octanol–water partition coefficient (Wildman–Crippen LogP) is 1.15. The Labute approximate surface area is 125 Å². The Hall–Kier alpha value is -1.69. The highest BCUT2D eigenvalue weighted by atomic mass is 35.5. The summed E-state index contributed by atoms with van der Waals surface area (Å²) in [6, 6.07) is 6.74. The molecule has 1 aromatic carbocycles. The van der Waals surface area contributed by atoms with Gasteiger partial charge in [-0.25, -0.2) is 4.90 Å². The van der Waals surface area contributed by atoms with E-state index in [4.69, 9.17) is 16.3 Å². The van der Waals surface area contributed by atoms with Gasteiger partial charge in [0.25, 0.3) is 0 Å². The lowest BCUT2D eigenvalue weighted by Crippen LogP contribution is -2.43. The lowest BCUT2D eigenvalue weighted by molar-refractivity contribution is -0.128. The minimum Gasteiger partial charge on any atom is -0.393 e. The third-order valence-corrected chi connectivity index (χ3v) is 4.82. The zero-order chi connectivity index (χ0) is 14.8. The van der Waals surface area contributed by atoms with Crippen molar-refractivity contribution >= 4 is 29.1 Å². The van der Waals surface area contributed by atoms with E-state index in [2.05, 4.69) is 0 Å². The van der Waals surface area contributed by atoms with Crippen LogP contribution in [0.4, 0.5) is 5.69 Å². The quantitative estimate of drug-likeness (QED) is 0.657. The molecule has 1 N–H and O–H groups in total. The van der Waals surface area contributed by atoms with Crippen molar-refractivity contribution in [3.63, 3.8) is 0 Å². The number of ether oxygens (including phenoxy) is 1. The van der Waals surface area contributed by atoms with Crippen LogP contribution in [-0.2, 0) is 14.3 Å². The van der Waals surface area contributed by atoms with Crippen LogP contribution in [0.2, 0.25) is 5.02 Å². The number of fused-ring (bicyclic) bond motifs is 5. The van der Waals surface area contributed by atoms with Crippen LogP contribution in [0.3, 0.4) is 0 Å². The summed E-state index contributed by atoms with van der Waals surface area (Å²) < 4.78 is 5.67. The normalized spacial score (nSPS) is 36.7. The molecule has 21 heavy (non-hydrogen) atoms. The van der Waals surface area contributed by atoms with Gasteiger partial charge in [-0.05, 0) is 12.1 Å².